The molecule has 0 radical (unpaired) electrons. The standard InChI is InChI=1S/C12H23N5O3/c1-9(2)10(18)20-8-6-16-12(19)17(3)7-4-5-15-11(13)14/h1,4-8H2,2-3H3,(H,16,19)(H4,13,14,15). The van der Waals surface area contributed by atoms with Crippen molar-refractivity contribution in [2.24, 2.45) is 5.73 Å². The highest BCUT2D eigenvalue weighted by molar-refractivity contribution is 5.86. The highest BCUT2D eigenvalue weighted by Crippen LogP contribution is 1.91. The molecule has 0 aromatic rings. The Morgan fingerprint density at radius 2 is 2.00 bits per heavy atom. The Labute approximate surface area is 118 Å². The van der Waals surface area contributed by atoms with Gasteiger partial charge in [0.05, 0.1) is 6.54 Å². The molecule has 0 saturated heterocycles. The molecule has 8 heteroatoms. The summed E-state index contributed by atoms with van der Waals surface area (Å²) in [5.74, 6) is -0.556. The number of esters is 1. The van der Waals surface area contributed by atoms with Crippen molar-refractivity contribution in [2.45, 2.75) is 13.3 Å². The lowest BCUT2D eigenvalue weighted by Crippen LogP contribution is -2.40. The quantitative estimate of drug-likeness (QED) is 0.159. The first kappa shape index (κ1) is 17.8. The van der Waals surface area contributed by atoms with Gasteiger partial charge < -0.3 is 26.0 Å². The Kier molecular flexibility index (Phi) is 8.56. The molecular weight excluding hydrogens is 262 g/mol. The number of carbonyl (C=O) groups excluding carboxylic acids is 2. The summed E-state index contributed by atoms with van der Waals surface area (Å²) in [5.41, 5.74) is 5.45. The smallest absolute Gasteiger partial charge is 0.333 e. The van der Waals surface area contributed by atoms with Crippen molar-refractivity contribution < 1.29 is 14.3 Å². The van der Waals surface area contributed by atoms with E-state index in [4.69, 9.17) is 15.9 Å². The Balaban J connectivity index is 3.67. The zero-order chi connectivity index (χ0) is 15.5. The van der Waals surface area contributed by atoms with Gasteiger partial charge in [-0.3, -0.25) is 5.41 Å². The lowest BCUT2D eigenvalue weighted by Gasteiger charge is -2.18. The van der Waals surface area contributed by atoms with Crippen molar-refractivity contribution in [3.05, 3.63) is 12.2 Å². The molecule has 0 unspecified atom stereocenters. The third-order valence-corrected chi connectivity index (χ3v) is 2.29. The molecule has 0 aliphatic rings. The summed E-state index contributed by atoms with van der Waals surface area (Å²) < 4.78 is 4.84. The van der Waals surface area contributed by atoms with Crippen LogP contribution in [-0.4, -0.2) is 56.1 Å². The van der Waals surface area contributed by atoms with E-state index in [0.29, 0.717) is 25.1 Å². The number of amides is 2. The van der Waals surface area contributed by atoms with E-state index >= 15 is 0 Å². The topological polar surface area (TPSA) is 121 Å². The van der Waals surface area contributed by atoms with Gasteiger partial charge in [-0.25, -0.2) is 9.59 Å². The summed E-state index contributed by atoms with van der Waals surface area (Å²) >= 11 is 0. The number of nitrogens with one attached hydrogen (secondary N) is 3. The van der Waals surface area contributed by atoms with Gasteiger partial charge in [-0.15, -0.1) is 0 Å². The zero-order valence-corrected chi connectivity index (χ0v) is 12.0. The number of nitrogens with zero attached hydrogens (tertiary/aromatic N) is 1. The molecule has 2 amide bonds. The maximum Gasteiger partial charge on any atom is 0.333 e. The van der Waals surface area contributed by atoms with Crippen LogP contribution in [0.1, 0.15) is 13.3 Å². The second-order valence-electron chi connectivity index (χ2n) is 4.26. The Bertz CT molecular complexity index is 370. The van der Waals surface area contributed by atoms with Gasteiger partial charge in [0.15, 0.2) is 5.96 Å². The summed E-state index contributed by atoms with van der Waals surface area (Å²) in [5, 5.41) is 12.2. The Hall–Kier alpha value is -2.25. The van der Waals surface area contributed by atoms with Crippen LogP contribution >= 0.6 is 0 Å². The van der Waals surface area contributed by atoms with Crippen LogP contribution < -0.4 is 16.4 Å². The summed E-state index contributed by atoms with van der Waals surface area (Å²) in [6.07, 6.45) is 0.675. The van der Waals surface area contributed by atoms with E-state index < -0.39 is 5.97 Å². The summed E-state index contributed by atoms with van der Waals surface area (Å²) in [6, 6.07) is -0.251. The van der Waals surface area contributed by atoms with E-state index in [2.05, 4.69) is 17.2 Å². The van der Waals surface area contributed by atoms with Gasteiger partial charge in [0, 0.05) is 25.7 Å². The van der Waals surface area contributed by atoms with Gasteiger partial charge in [0.25, 0.3) is 0 Å². The van der Waals surface area contributed by atoms with Crippen LogP contribution in [0.15, 0.2) is 12.2 Å². The third-order valence-electron chi connectivity index (χ3n) is 2.29. The van der Waals surface area contributed by atoms with Crippen molar-refractivity contribution in [2.75, 3.05) is 33.3 Å². The van der Waals surface area contributed by atoms with Crippen LogP contribution in [0.25, 0.3) is 0 Å². The van der Waals surface area contributed by atoms with Crippen LogP contribution in [0, 0.1) is 5.41 Å². The first-order valence-corrected chi connectivity index (χ1v) is 6.24. The minimum Gasteiger partial charge on any atom is -0.460 e. The first-order valence-electron chi connectivity index (χ1n) is 6.24. The molecule has 0 heterocycles. The van der Waals surface area contributed by atoms with Gasteiger partial charge in [-0.2, -0.15) is 0 Å². The molecule has 114 valence electrons. The van der Waals surface area contributed by atoms with Crippen molar-refractivity contribution in [1.29, 1.82) is 5.41 Å². The zero-order valence-electron chi connectivity index (χ0n) is 12.0. The fourth-order valence-corrected chi connectivity index (χ4v) is 1.20. The minimum absolute atomic E-state index is 0.0866. The van der Waals surface area contributed by atoms with Crippen molar-refractivity contribution in [3.63, 3.8) is 0 Å². The largest absolute Gasteiger partial charge is 0.460 e. The van der Waals surface area contributed by atoms with Gasteiger partial charge in [-0.1, -0.05) is 6.58 Å². The molecule has 8 nitrogen and oxygen atoms in total. The summed E-state index contributed by atoms with van der Waals surface area (Å²) in [6.45, 7) is 6.42. The van der Waals surface area contributed by atoms with Gasteiger partial charge >= 0.3 is 12.0 Å². The first-order chi connectivity index (χ1) is 9.34. The summed E-state index contributed by atoms with van der Waals surface area (Å²) in [4.78, 5) is 24.2. The predicted octanol–water partition coefficient (Wildman–Crippen LogP) is -0.380. The van der Waals surface area contributed by atoms with Crippen LogP contribution in [0.5, 0.6) is 0 Å². The molecule has 0 saturated carbocycles. The number of rotatable bonds is 8. The Morgan fingerprint density at radius 3 is 2.55 bits per heavy atom. The number of ether oxygens (including phenoxy) is 1. The van der Waals surface area contributed by atoms with E-state index in [1.165, 1.54) is 4.90 Å². The van der Waals surface area contributed by atoms with Crippen LogP contribution in [-0.2, 0) is 9.53 Å². The Morgan fingerprint density at radius 1 is 1.35 bits per heavy atom. The van der Waals surface area contributed by atoms with E-state index in [1.54, 1.807) is 14.0 Å². The maximum atomic E-state index is 11.6. The minimum atomic E-state index is -0.470. The average Bonchev–Trinajstić information content (AvgIpc) is 2.38. The summed E-state index contributed by atoms with van der Waals surface area (Å²) in [7, 11) is 1.66. The maximum absolute atomic E-state index is 11.6. The fraction of sp³-hybridized carbons (Fsp3) is 0.583. The molecule has 0 aliphatic heterocycles. The van der Waals surface area contributed by atoms with Crippen molar-refractivity contribution >= 4 is 18.0 Å². The number of urea groups is 1. The van der Waals surface area contributed by atoms with E-state index in [1.807, 2.05) is 0 Å². The molecule has 0 rings (SSSR count). The molecular formula is C12H23N5O3. The second-order valence-corrected chi connectivity index (χ2v) is 4.26. The van der Waals surface area contributed by atoms with Gasteiger partial charge in [0.2, 0.25) is 0 Å². The van der Waals surface area contributed by atoms with Crippen LogP contribution in [0.3, 0.4) is 0 Å². The predicted molar refractivity (Wildman–Crippen MR) is 76.3 cm³/mol. The number of hydrogen-bond acceptors (Lipinski definition) is 4. The van der Waals surface area contributed by atoms with E-state index in [0.717, 1.165) is 0 Å². The molecule has 0 aromatic carbocycles. The van der Waals surface area contributed by atoms with Gasteiger partial charge in [0.1, 0.15) is 6.61 Å². The third kappa shape index (κ3) is 8.78. The second kappa shape index (κ2) is 9.65. The van der Waals surface area contributed by atoms with Crippen LogP contribution in [0.2, 0.25) is 0 Å². The highest BCUT2D eigenvalue weighted by atomic mass is 16.5. The average molecular weight is 285 g/mol. The molecule has 20 heavy (non-hydrogen) atoms. The molecule has 0 atom stereocenters. The fourth-order valence-electron chi connectivity index (χ4n) is 1.20. The lowest BCUT2D eigenvalue weighted by atomic mass is 10.4. The molecule has 5 N–H and O–H groups in total. The van der Waals surface area contributed by atoms with E-state index in [9.17, 15) is 9.59 Å². The number of nitrogens with two attached hydrogens (primary N) is 1. The van der Waals surface area contributed by atoms with Crippen molar-refractivity contribution in [1.82, 2.24) is 15.5 Å². The SMILES string of the molecule is C=C(C)C(=O)OCCNC(=O)N(C)CCCNC(=N)N. The highest BCUT2D eigenvalue weighted by Gasteiger charge is 2.08. The molecule has 0 aromatic heterocycles. The normalized spacial score (nSPS) is 9.50. The monoisotopic (exact) mass is 285 g/mol. The molecule has 0 aliphatic carbocycles. The molecule has 0 bridgehead atoms. The lowest BCUT2D eigenvalue weighted by molar-refractivity contribution is -0.138. The molecule has 0 spiro atoms. The van der Waals surface area contributed by atoms with Crippen molar-refractivity contribution in [3.8, 4) is 0 Å². The van der Waals surface area contributed by atoms with E-state index in [-0.39, 0.29) is 25.1 Å². The van der Waals surface area contributed by atoms with Crippen LogP contribution in [0.4, 0.5) is 4.79 Å². The number of hydrogen-bond donors (Lipinski definition) is 4. The number of carbonyl (C=O) groups is 2. The number of guanidine groups is 1. The molecule has 0 fully saturated rings. The van der Waals surface area contributed by atoms with Gasteiger partial charge in [-0.05, 0) is 13.3 Å².